The molecule has 0 aliphatic rings. The monoisotopic (exact) mass is 209 g/mol. The molecular formula is C13H11N3. The average molecular weight is 209 g/mol. The number of hydrogen-bond donors (Lipinski definition) is 0. The maximum absolute atomic E-state index is 3.56. The average Bonchev–Trinajstić information content (AvgIpc) is 2.42. The van der Waals surface area contributed by atoms with E-state index in [1.807, 2.05) is 0 Å². The fourth-order valence-electron chi connectivity index (χ4n) is 1.34. The van der Waals surface area contributed by atoms with Crippen LogP contribution in [0.25, 0.3) is 10.8 Å². The van der Waals surface area contributed by atoms with E-state index in [0.29, 0.717) is 0 Å². The molecule has 78 valence electrons. The van der Waals surface area contributed by atoms with Gasteiger partial charge in [0.25, 0.3) is 0 Å². The summed E-state index contributed by atoms with van der Waals surface area (Å²) in [7, 11) is 0. The van der Waals surface area contributed by atoms with Crippen molar-refractivity contribution in [1.29, 1.82) is 0 Å². The van der Waals surface area contributed by atoms with E-state index < -0.39 is 0 Å². The van der Waals surface area contributed by atoms with Gasteiger partial charge < -0.3 is 0 Å². The van der Waals surface area contributed by atoms with Crippen molar-refractivity contribution in [1.82, 2.24) is 15.0 Å². The standard InChI is InChI=1S/C10H8.C3H3N3/c1-2-6-10-8-4-3-7-9(10)5-1;1-4-2-6-3-5-1/h1-8H;1-3H. The fourth-order valence-corrected chi connectivity index (χ4v) is 1.34. The molecule has 3 nitrogen and oxygen atoms in total. The van der Waals surface area contributed by atoms with Gasteiger partial charge in [-0.15, -0.1) is 0 Å². The van der Waals surface area contributed by atoms with E-state index in [0.717, 1.165) is 0 Å². The molecule has 0 saturated carbocycles. The highest BCUT2D eigenvalue weighted by Crippen LogP contribution is 2.11. The molecule has 3 rings (SSSR count). The van der Waals surface area contributed by atoms with Crippen LogP contribution in [0, 0.1) is 0 Å². The van der Waals surface area contributed by atoms with E-state index in [-0.39, 0.29) is 0 Å². The van der Waals surface area contributed by atoms with Crippen molar-refractivity contribution in [2.24, 2.45) is 0 Å². The number of nitrogens with zero attached hydrogens (tertiary/aromatic N) is 3. The summed E-state index contributed by atoms with van der Waals surface area (Å²) in [4.78, 5) is 10.7. The Hall–Kier alpha value is -2.29. The van der Waals surface area contributed by atoms with Crippen LogP contribution in [0.2, 0.25) is 0 Å². The Labute approximate surface area is 93.8 Å². The summed E-state index contributed by atoms with van der Waals surface area (Å²) in [5, 5.41) is 2.62. The summed E-state index contributed by atoms with van der Waals surface area (Å²) in [5.41, 5.74) is 0. The highest BCUT2D eigenvalue weighted by atomic mass is 14.9. The lowest BCUT2D eigenvalue weighted by molar-refractivity contribution is 1.05. The van der Waals surface area contributed by atoms with Crippen molar-refractivity contribution in [3.05, 3.63) is 67.5 Å². The summed E-state index contributed by atoms with van der Waals surface area (Å²) in [6, 6.07) is 16.7. The van der Waals surface area contributed by atoms with Gasteiger partial charge in [-0.1, -0.05) is 48.5 Å². The molecule has 3 heteroatoms. The van der Waals surface area contributed by atoms with Crippen LogP contribution in [0.15, 0.2) is 67.5 Å². The largest absolute Gasteiger partial charge is 0.225 e. The Kier molecular flexibility index (Phi) is 3.55. The molecule has 0 bridgehead atoms. The lowest BCUT2D eigenvalue weighted by atomic mass is 10.1. The van der Waals surface area contributed by atoms with Crippen LogP contribution < -0.4 is 0 Å². The minimum Gasteiger partial charge on any atom is -0.225 e. The zero-order chi connectivity index (χ0) is 11.1. The Bertz CT molecular complexity index is 445. The van der Waals surface area contributed by atoms with E-state index in [4.69, 9.17) is 0 Å². The SMILES string of the molecule is c1ccc2ccccc2c1.c1ncncn1. The van der Waals surface area contributed by atoms with E-state index >= 15 is 0 Å². The normalized spacial score (nSPS) is 9.25. The molecule has 0 N–H and O–H groups in total. The molecule has 0 saturated heterocycles. The third-order valence-corrected chi connectivity index (χ3v) is 2.06. The Balaban J connectivity index is 0.000000138. The summed E-state index contributed by atoms with van der Waals surface area (Å²) in [6.07, 6.45) is 4.31. The third-order valence-electron chi connectivity index (χ3n) is 2.06. The number of fused-ring (bicyclic) bond motifs is 1. The van der Waals surface area contributed by atoms with Crippen molar-refractivity contribution in [2.45, 2.75) is 0 Å². The summed E-state index contributed by atoms with van der Waals surface area (Å²) in [6.45, 7) is 0. The van der Waals surface area contributed by atoms with E-state index in [1.54, 1.807) is 0 Å². The second-order valence-corrected chi connectivity index (χ2v) is 3.14. The molecule has 0 radical (unpaired) electrons. The van der Waals surface area contributed by atoms with Gasteiger partial charge in [0, 0.05) is 0 Å². The second-order valence-electron chi connectivity index (χ2n) is 3.14. The van der Waals surface area contributed by atoms with E-state index in [2.05, 4.69) is 63.5 Å². The second kappa shape index (κ2) is 5.56. The molecule has 0 aliphatic carbocycles. The number of hydrogen-bond acceptors (Lipinski definition) is 3. The zero-order valence-electron chi connectivity index (χ0n) is 8.69. The van der Waals surface area contributed by atoms with E-state index in [1.165, 1.54) is 29.8 Å². The number of aromatic nitrogens is 3. The van der Waals surface area contributed by atoms with Gasteiger partial charge in [-0.2, -0.15) is 0 Å². The first kappa shape index (κ1) is 10.2. The van der Waals surface area contributed by atoms with Crippen LogP contribution in [-0.2, 0) is 0 Å². The molecule has 0 fully saturated rings. The maximum Gasteiger partial charge on any atom is 0.119 e. The van der Waals surface area contributed by atoms with Crippen molar-refractivity contribution >= 4 is 10.8 Å². The minimum absolute atomic E-state index is 1.31. The highest BCUT2D eigenvalue weighted by molar-refractivity contribution is 5.81. The lowest BCUT2D eigenvalue weighted by Gasteiger charge is -1.92. The van der Waals surface area contributed by atoms with Crippen LogP contribution in [0.5, 0.6) is 0 Å². The van der Waals surface area contributed by atoms with Crippen molar-refractivity contribution in [3.63, 3.8) is 0 Å². The van der Waals surface area contributed by atoms with Gasteiger partial charge in [-0.3, -0.25) is 0 Å². The molecule has 0 atom stereocenters. The molecule has 2 aromatic carbocycles. The van der Waals surface area contributed by atoms with Gasteiger partial charge in [-0.25, -0.2) is 15.0 Å². The predicted octanol–water partition coefficient (Wildman–Crippen LogP) is 2.71. The summed E-state index contributed by atoms with van der Waals surface area (Å²) >= 11 is 0. The Morgan fingerprint density at radius 3 is 1.06 bits per heavy atom. The molecule has 0 unspecified atom stereocenters. The topological polar surface area (TPSA) is 38.7 Å². The van der Waals surface area contributed by atoms with Gasteiger partial charge in [0.15, 0.2) is 0 Å². The first-order valence-corrected chi connectivity index (χ1v) is 4.95. The van der Waals surface area contributed by atoms with Crippen LogP contribution in [-0.4, -0.2) is 15.0 Å². The van der Waals surface area contributed by atoms with Crippen LogP contribution in [0.3, 0.4) is 0 Å². The molecule has 1 heterocycles. The van der Waals surface area contributed by atoms with Gasteiger partial charge in [0.2, 0.25) is 0 Å². The third kappa shape index (κ3) is 2.85. The first-order chi connectivity index (χ1) is 7.97. The fraction of sp³-hybridized carbons (Fsp3) is 0. The molecule has 1 aromatic heterocycles. The number of rotatable bonds is 0. The van der Waals surface area contributed by atoms with Crippen molar-refractivity contribution in [2.75, 3.05) is 0 Å². The van der Waals surface area contributed by atoms with Gasteiger partial charge >= 0.3 is 0 Å². The van der Waals surface area contributed by atoms with Crippen molar-refractivity contribution < 1.29 is 0 Å². The van der Waals surface area contributed by atoms with Gasteiger partial charge in [0.05, 0.1) is 0 Å². The van der Waals surface area contributed by atoms with Crippen LogP contribution >= 0.6 is 0 Å². The molecule has 0 spiro atoms. The maximum atomic E-state index is 3.56. The lowest BCUT2D eigenvalue weighted by Crippen LogP contribution is -1.73. The zero-order valence-corrected chi connectivity index (χ0v) is 8.69. The van der Waals surface area contributed by atoms with Gasteiger partial charge in [0.1, 0.15) is 19.0 Å². The quantitative estimate of drug-likeness (QED) is 0.571. The molecule has 3 aromatic rings. The summed E-state index contributed by atoms with van der Waals surface area (Å²) in [5.74, 6) is 0. The molecule has 16 heavy (non-hydrogen) atoms. The van der Waals surface area contributed by atoms with Crippen LogP contribution in [0.1, 0.15) is 0 Å². The van der Waals surface area contributed by atoms with E-state index in [9.17, 15) is 0 Å². The molecule has 0 amide bonds. The smallest absolute Gasteiger partial charge is 0.119 e. The van der Waals surface area contributed by atoms with Gasteiger partial charge in [-0.05, 0) is 10.8 Å². The number of benzene rings is 2. The molecule has 0 aliphatic heterocycles. The first-order valence-electron chi connectivity index (χ1n) is 4.95. The predicted molar refractivity (Wildman–Crippen MR) is 63.8 cm³/mol. The Morgan fingerprint density at radius 1 is 0.500 bits per heavy atom. The van der Waals surface area contributed by atoms with Crippen LogP contribution in [0.4, 0.5) is 0 Å². The Morgan fingerprint density at radius 2 is 0.812 bits per heavy atom. The summed E-state index contributed by atoms with van der Waals surface area (Å²) < 4.78 is 0. The minimum atomic E-state index is 1.31. The van der Waals surface area contributed by atoms with Crippen molar-refractivity contribution in [3.8, 4) is 0 Å². The highest BCUT2D eigenvalue weighted by Gasteiger charge is 1.85. The molecular weight excluding hydrogens is 198 g/mol.